The van der Waals surface area contributed by atoms with Gasteiger partial charge in [-0.05, 0) is 45.7 Å². The predicted octanol–water partition coefficient (Wildman–Crippen LogP) is 3.91. The normalized spacial score (nSPS) is 26.6. The number of aryl methyl sites for hydroxylation is 1. The van der Waals surface area contributed by atoms with Gasteiger partial charge in [0.25, 0.3) is 0 Å². The van der Waals surface area contributed by atoms with E-state index in [0.29, 0.717) is 18.2 Å². The molecule has 2 unspecified atom stereocenters. The average molecular weight is 270 g/mol. The fourth-order valence-electron chi connectivity index (χ4n) is 3.10. The van der Waals surface area contributed by atoms with Crippen LogP contribution >= 0.6 is 0 Å². The molecule has 3 heteroatoms. The van der Waals surface area contributed by atoms with Crippen molar-refractivity contribution in [2.24, 2.45) is 0 Å². The first kappa shape index (κ1) is 13.4. The zero-order chi connectivity index (χ0) is 14.1. The first-order chi connectivity index (χ1) is 9.61. The molecule has 0 aliphatic carbocycles. The molecule has 3 rings (SSSR count). The van der Waals surface area contributed by atoms with Gasteiger partial charge in [0.1, 0.15) is 0 Å². The van der Waals surface area contributed by atoms with Gasteiger partial charge < -0.3 is 10.1 Å². The van der Waals surface area contributed by atoms with Gasteiger partial charge in [0.05, 0.1) is 23.4 Å². The van der Waals surface area contributed by atoms with E-state index < -0.39 is 0 Å². The third kappa shape index (κ3) is 2.78. The van der Waals surface area contributed by atoms with Gasteiger partial charge in [0.2, 0.25) is 0 Å². The molecule has 1 aromatic heterocycles. The molecule has 0 bridgehead atoms. The van der Waals surface area contributed by atoms with Crippen molar-refractivity contribution in [2.45, 2.75) is 51.9 Å². The summed E-state index contributed by atoms with van der Waals surface area (Å²) in [5, 5.41) is 4.86. The number of nitrogens with zero attached hydrogens (tertiary/aromatic N) is 1. The highest BCUT2D eigenvalue weighted by atomic mass is 16.5. The van der Waals surface area contributed by atoms with Gasteiger partial charge in [-0.25, -0.2) is 0 Å². The summed E-state index contributed by atoms with van der Waals surface area (Å²) in [6.07, 6.45) is 2.74. The average Bonchev–Trinajstić information content (AvgIpc) is 2.38. The second-order valence-corrected chi connectivity index (χ2v) is 5.90. The highest BCUT2D eigenvalue weighted by Crippen LogP contribution is 2.27. The quantitative estimate of drug-likeness (QED) is 0.898. The number of ether oxygens (including phenoxy) is 1. The Bertz CT molecular complexity index is 601. The maximum atomic E-state index is 5.81. The van der Waals surface area contributed by atoms with Crippen molar-refractivity contribution in [3.63, 3.8) is 0 Å². The zero-order valence-corrected chi connectivity index (χ0v) is 12.4. The lowest BCUT2D eigenvalue weighted by atomic mass is 9.99. The van der Waals surface area contributed by atoms with Crippen LogP contribution in [-0.2, 0) is 4.74 Å². The first-order valence-electron chi connectivity index (χ1n) is 7.40. The largest absolute Gasteiger partial charge is 0.380 e. The molecule has 106 valence electrons. The molecule has 0 radical (unpaired) electrons. The molecule has 3 nitrogen and oxygen atoms in total. The second kappa shape index (κ2) is 5.41. The number of anilines is 1. The number of fused-ring (bicyclic) bond motifs is 1. The molecule has 20 heavy (non-hydrogen) atoms. The van der Waals surface area contributed by atoms with Crippen molar-refractivity contribution >= 4 is 16.6 Å². The van der Waals surface area contributed by atoms with Gasteiger partial charge >= 0.3 is 0 Å². The van der Waals surface area contributed by atoms with Gasteiger partial charge in [-0.3, -0.25) is 4.98 Å². The molecule has 1 N–H and O–H groups in total. The number of aromatic nitrogens is 1. The molecular weight excluding hydrogens is 248 g/mol. The van der Waals surface area contributed by atoms with Crippen LogP contribution < -0.4 is 5.32 Å². The van der Waals surface area contributed by atoms with E-state index in [1.807, 2.05) is 6.92 Å². The summed E-state index contributed by atoms with van der Waals surface area (Å²) < 4.78 is 5.81. The topological polar surface area (TPSA) is 34.1 Å². The van der Waals surface area contributed by atoms with Crippen LogP contribution in [0.15, 0.2) is 30.3 Å². The maximum absolute atomic E-state index is 5.81. The van der Waals surface area contributed by atoms with Crippen LogP contribution in [0.4, 0.5) is 5.69 Å². The lowest BCUT2D eigenvalue weighted by Crippen LogP contribution is -2.36. The summed E-state index contributed by atoms with van der Waals surface area (Å²) in [5.74, 6) is 0. The van der Waals surface area contributed by atoms with Crippen molar-refractivity contribution in [3.05, 3.63) is 36.0 Å². The van der Waals surface area contributed by atoms with E-state index in [4.69, 9.17) is 4.74 Å². The number of nitrogens with one attached hydrogen (secondary N) is 1. The van der Waals surface area contributed by atoms with Crippen LogP contribution in [0.3, 0.4) is 0 Å². The van der Waals surface area contributed by atoms with E-state index in [1.165, 1.54) is 5.39 Å². The molecule has 2 aromatic rings. The number of hydrogen-bond donors (Lipinski definition) is 1. The van der Waals surface area contributed by atoms with Gasteiger partial charge in [0.15, 0.2) is 0 Å². The van der Waals surface area contributed by atoms with Crippen molar-refractivity contribution in [1.29, 1.82) is 0 Å². The number of benzene rings is 1. The Morgan fingerprint density at radius 2 is 1.85 bits per heavy atom. The van der Waals surface area contributed by atoms with E-state index in [9.17, 15) is 0 Å². The smallest absolute Gasteiger partial charge is 0.0936 e. The molecule has 0 amide bonds. The monoisotopic (exact) mass is 270 g/mol. The van der Waals surface area contributed by atoms with Crippen LogP contribution in [0.5, 0.6) is 0 Å². The van der Waals surface area contributed by atoms with Crippen molar-refractivity contribution in [1.82, 2.24) is 4.98 Å². The molecule has 2 heterocycles. The highest BCUT2D eigenvalue weighted by Gasteiger charge is 2.24. The van der Waals surface area contributed by atoms with Crippen molar-refractivity contribution in [3.8, 4) is 0 Å². The summed E-state index contributed by atoms with van der Waals surface area (Å²) >= 11 is 0. The lowest BCUT2D eigenvalue weighted by molar-refractivity contribution is -0.0337. The summed E-state index contributed by atoms with van der Waals surface area (Å²) in [7, 11) is 0. The molecule has 1 aromatic carbocycles. The van der Waals surface area contributed by atoms with Crippen molar-refractivity contribution in [2.75, 3.05) is 5.32 Å². The van der Waals surface area contributed by atoms with Crippen LogP contribution in [0.25, 0.3) is 10.9 Å². The lowest BCUT2D eigenvalue weighted by Gasteiger charge is -2.33. The van der Waals surface area contributed by atoms with Gasteiger partial charge in [-0.1, -0.05) is 18.2 Å². The van der Waals surface area contributed by atoms with Gasteiger partial charge in [0, 0.05) is 17.1 Å². The highest BCUT2D eigenvalue weighted by molar-refractivity contribution is 5.90. The number of hydrogen-bond acceptors (Lipinski definition) is 3. The molecule has 0 spiro atoms. The van der Waals surface area contributed by atoms with Crippen LogP contribution in [0.2, 0.25) is 0 Å². The van der Waals surface area contributed by atoms with Crippen LogP contribution in [0, 0.1) is 6.92 Å². The minimum Gasteiger partial charge on any atom is -0.380 e. The second-order valence-electron chi connectivity index (χ2n) is 5.90. The Labute approximate surface area is 120 Å². The molecule has 1 saturated heterocycles. The Hall–Kier alpha value is -1.61. The van der Waals surface area contributed by atoms with Crippen molar-refractivity contribution < 1.29 is 4.74 Å². The zero-order valence-electron chi connectivity index (χ0n) is 12.4. The Morgan fingerprint density at radius 1 is 1.10 bits per heavy atom. The number of para-hydroxylation sites is 1. The Morgan fingerprint density at radius 3 is 2.60 bits per heavy atom. The van der Waals surface area contributed by atoms with E-state index >= 15 is 0 Å². The maximum Gasteiger partial charge on any atom is 0.0936 e. The molecule has 1 aliphatic rings. The SMILES string of the molecule is Cc1ccc2cccc(NC3CC(C)OC(C)C3)c2n1. The fourth-order valence-corrected chi connectivity index (χ4v) is 3.10. The number of pyridine rings is 1. The summed E-state index contributed by atoms with van der Waals surface area (Å²) in [6, 6.07) is 11.0. The summed E-state index contributed by atoms with van der Waals surface area (Å²) in [4.78, 5) is 4.69. The predicted molar refractivity (Wildman–Crippen MR) is 83.1 cm³/mol. The minimum atomic E-state index is 0.320. The Kier molecular flexibility index (Phi) is 3.62. The standard InChI is InChI=1S/C17H22N2O/c1-11-7-8-14-5-4-6-16(17(14)18-11)19-15-9-12(2)20-13(3)10-15/h4-8,12-13,15,19H,9-10H2,1-3H3. The molecule has 1 aliphatic heterocycles. The molecular formula is C17H22N2O. The third-order valence-corrected chi connectivity index (χ3v) is 3.92. The van der Waals surface area contributed by atoms with E-state index in [2.05, 4.69) is 54.5 Å². The van der Waals surface area contributed by atoms with E-state index in [0.717, 1.165) is 29.7 Å². The van der Waals surface area contributed by atoms with Gasteiger partial charge in [-0.15, -0.1) is 0 Å². The van der Waals surface area contributed by atoms with Crippen LogP contribution in [0.1, 0.15) is 32.4 Å². The fraction of sp³-hybridized carbons (Fsp3) is 0.471. The molecule has 2 atom stereocenters. The molecule has 1 fully saturated rings. The minimum absolute atomic E-state index is 0.320. The third-order valence-electron chi connectivity index (χ3n) is 3.92. The van der Waals surface area contributed by atoms with E-state index in [-0.39, 0.29) is 0 Å². The molecule has 0 saturated carbocycles. The van der Waals surface area contributed by atoms with Gasteiger partial charge in [-0.2, -0.15) is 0 Å². The van der Waals surface area contributed by atoms with Crippen LogP contribution in [-0.4, -0.2) is 23.2 Å². The first-order valence-corrected chi connectivity index (χ1v) is 7.40. The van der Waals surface area contributed by atoms with E-state index in [1.54, 1.807) is 0 Å². The Balaban J connectivity index is 1.88. The number of rotatable bonds is 2. The summed E-state index contributed by atoms with van der Waals surface area (Å²) in [5.41, 5.74) is 3.26. The summed E-state index contributed by atoms with van der Waals surface area (Å²) in [6.45, 7) is 6.33.